The Kier molecular flexibility index (Phi) is 6.14. The molecule has 1 amide bonds. The van der Waals surface area contributed by atoms with Gasteiger partial charge in [-0.15, -0.1) is 0 Å². The van der Waals surface area contributed by atoms with Crippen molar-refractivity contribution in [3.8, 4) is 0 Å². The highest BCUT2D eigenvalue weighted by molar-refractivity contribution is 7.98. The van der Waals surface area contributed by atoms with Gasteiger partial charge in [0.1, 0.15) is 11.3 Å². The van der Waals surface area contributed by atoms with Gasteiger partial charge in [0.2, 0.25) is 0 Å². The summed E-state index contributed by atoms with van der Waals surface area (Å²) in [5, 5.41) is 16.7. The molecule has 104 valence electrons. The number of nitrogens with one attached hydrogen (secondary N) is 2. The minimum atomic E-state index is -0.526. The number of nitro benzene ring substituents is 1. The van der Waals surface area contributed by atoms with Crippen LogP contribution in [-0.4, -0.2) is 35.9 Å². The number of hydrogen-bond donors (Lipinski definition) is 2. The highest BCUT2D eigenvalue weighted by atomic mass is 32.2. The van der Waals surface area contributed by atoms with Gasteiger partial charge in [-0.05, 0) is 25.3 Å². The first-order chi connectivity index (χ1) is 9.11. The summed E-state index contributed by atoms with van der Waals surface area (Å²) in [5.41, 5.74) is 0.278. The molecule has 19 heavy (non-hydrogen) atoms. The predicted molar refractivity (Wildman–Crippen MR) is 78.0 cm³/mol. The number of anilines is 1. The highest BCUT2D eigenvalue weighted by Crippen LogP contribution is 2.28. The summed E-state index contributed by atoms with van der Waals surface area (Å²) in [6, 6.07) is 4.70. The zero-order valence-corrected chi connectivity index (χ0v) is 11.8. The number of para-hydroxylation sites is 1. The van der Waals surface area contributed by atoms with E-state index < -0.39 is 10.8 Å². The first-order valence-electron chi connectivity index (χ1n) is 5.90. The van der Waals surface area contributed by atoms with Crippen LogP contribution in [0.15, 0.2) is 18.2 Å². The van der Waals surface area contributed by atoms with Crippen LogP contribution in [0.5, 0.6) is 0 Å². The SMILES string of the molecule is CCNc1cccc(C(=O)NCCSC)c1[N+](=O)[O-]. The fraction of sp³-hybridized carbons (Fsp3) is 0.417. The molecule has 6 nitrogen and oxygen atoms in total. The van der Waals surface area contributed by atoms with E-state index in [0.717, 1.165) is 5.75 Å². The Labute approximate surface area is 116 Å². The minimum Gasteiger partial charge on any atom is -0.380 e. The lowest BCUT2D eigenvalue weighted by molar-refractivity contribution is -0.384. The standard InChI is InChI=1S/C12H17N3O3S/c1-3-13-10-6-4-5-9(11(10)15(17)18)12(16)14-7-8-19-2/h4-6,13H,3,7-8H2,1-2H3,(H,14,16). The first kappa shape index (κ1) is 15.3. The van der Waals surface area contributed by atoms with Gasteiger partial charge in [0.15, 0.2) is 0 Å². The predicted octanol–water partition coefficient (Wildman–Crippen LogP) is 2.12. The van der Waals surface area contributed by atoms with E-state index in [1.165, 1.54) is 6.07 Å². The third-order valence-corrected chi connectivity index (χ3v) is 3.03. The van der Waals surface area contributed by atoms with Crippen molar-refractivity contribution in [1.29, 1.82) is 0 Å². The van der Waals surface area contributed by atoms with Crippen LogP contribution in [0.1, 0.15) is 17.3 Å². The summed E-state index contributed by atoms with van der Waals surface area (Å²) in [6.07, 6.45) is 1.93. The molecule has 1 aromatic carbocycles. The van der Waals surface area contributed by atoms with E-state index in [1.807, 2.05) is 13.2 Å². The van der Waals surface area contributed by atoms with Gasteiger partial charge in [0.25, 0.3) is 5.91 Å². The van der Waals surface area contributed by atoms with Gasteiger partial charge in [-0.2, -0.15) is 11.8 Å². The zero-order valence-electron chi connectivity index (χ0n) is 10.9. The lowest BCUT2D eigenvalue weighted by atomic mass is 10.1. The van der Waals surface area contributed by atoms with Gasteiger partial charge in [-0.1, -0.05) is 6.07 Å². The largest absolute Gasteiger partial charge is 0.380 e. The molecular weight excluding hydrogens is 266 g/mol. The summed E-state index contributed by atoms with van der Waals surface area (Å²) in [6.45, 7) is 2.88. The minimum absolute atomic E-state index is 0.0875. The van der Waals surface area contributed by atoms with Crippen LogP contribution in [0.3, 0.4) is 0 Å². The maximum atomic E-state index is 11.9. The molecule has 2 N–H and O–H groups in total. The van der Waals surface area contributed by atoms with Crippen LogP contribution >= 0.6 is 11.8 Å². The van der Waals surface area contributed by atoms with E-state index in [9.17, 15) is 14.9 Å². The molecule has 0 atom stereocenters. The van der Waals surface area contributed by atoms with Crippen molar-refractivity contribution in [1.82, 2.24) is 5.32 Å². The Bertz CT molecular complexity index is 466. The molecular formula is C12H17N3O3S. The van der Waals surface area contributed by atoms with Crippen molar-refractivity contribution < 1.29 is 9.72 Å². The van der Waals surface area contributed by atoms with Gasteiger partial charge < -0.3 is 10.6 Å². The van der Waals surface area contributed by atoms with Crippen molar-refractivity contribution >= 4 is 29.0 Å². The number of carbonyl (C=O) groups excluding carboxylic acids is 1. The van der Waals surface area contributed by atoms with E-state index in [0.29, 0.717) is 18.8 Å². The van der Waals surface area contributed by atoms with Crippen LogP contribution in [0.4, 0.5) is 11.4 Å². The monoisotopic (exact) mass is 283 g/mol. The molecule has 1 rings (SSSR count). The number of thioether (sulfide) groups is 1. The number of nitrogens with zero attached hydrogens (tertiary/aromatic N) is 1. The second-order valence-corrected chi connectivity index (χ2v) is 4.72. The lowest BCUT2D eigenvalue weighted by Crippen LogP contribution is -2.26. The molecule has 1 aromatic rings. The fourth-order valence-corrected chi connectivity index (χ4v) is 1.92. The molecule has 0 spiro atoms. The summed E-state index contributed by atoms with van der Waals surface area (Å²) < 4.78 is 0. The normalized spacial score (nSPS) is 10.0. The quantitative estimate of drug-likeness (QED) is 0.455. The van der Waals surface area contributed by atoms with Gasteiger partial charge >= 0.3 is 5.69 Å². The van der Waals surface area contributed by atoms with E-state index in [2.05, 4.69) is 10.6 Å². The maximum absolute atomic E-state index is 11.9. The third kappa shape index (κ3) is 4.13. The average Bonchev–Trinajstić information content (AvgIpc) is 2.38. The zero-order chi connectivity index (χ0) is 14.3. The lowest BCUT2D eigenvalue weighted by Gasteiger charge is -2.09. The van der Waals surface area contributed by atoms with E-state index in [-0.39, 0.29) is 11.3 Å². The topological polar surface area (TPSA) is 84.3 Å². The average molecular weight is 283 g/mol. The van der Waals surface area contributed by atoms with Crippen LogP contribution in [0, 0.1) is 10.1 Å². The molecule has 7 heteroatoms. The Morgan fingerprint density at radius 3 is 2.79 bits per heavy atom. The number of amides is 1. The van der Waals surface area contributed by atoms with E-state index in [1.54, 1.807) is 23.9 Å². The number of hydrogen-bond acceptors (Lipinski definition) is 5. The fourth-order valence-electron chi connectivity index (χ4n) is 1.62. The van der Waals surface area contributed by atoms with Gasteiger partial charge in [-0.25, -0.2) is 0 Å². The molecule has 0 unspecified atom stereocenters. The van der Waals surface area contributed by atoms with Gasteiger partial charge in [-0.3, -0.25) is 14.9 Å². The summed E-state index contributed by atoms with van der Waals surface area (Å²) in [4.78, 5) is 22.6. The molecule has 0 aliphatic carbocycles. The molecule has 0 heterocycles. The number of nitro groups is 1. The van der Waals surface area contributed by atoms with Crippen molar-refractivity contribution in [2.45, 2.75) is 6.92 Å². The molecule has 0 aliphatic rings. The molecule has 0 aliphatic heterocycles. The molecule has 0 aromatic heterocycles. The summed E-state index contributed by atoms with van der Waals surface area (Å²) >= 11 is 1.60. The molecule has 0 bridgehead atoms. The van der Waals surface area contributed by atoms with E-state index in [4.69, 9.17) is 0 Å². The number of rotatable bonds is 7. The summed E-state index contributed by atoms with van der Waals surface area (Å²) in [5.74, 6) is 0.354. The molecule has 0 radical (unpaired) electrons. The Hall–Kier alpha value is -1.76. The second kappa shape index (κ2) is 7.63. The Balaban J connectivity index is 3.02. The number of benzene rings is 1. The molecule has 0 fully saturated rings. The highest BCUT2D eigenvalue weighted by Gasteiger charge is 2.23. The van der Waals surface area contributed by atoms with Gasteiger partial charge in [0.05, 0.1) is 4.92 Å². The maximum Gasteiger partial charge on any atom is 0.305 e. The van der Waals surface area contributed by atoms with Crippen molar-refractivity contribution in [3.05, 3.63) is 33.9 Å². The van der Waals surface area contributed by atoms with Crippen molar-refractivity contribution in [2.75, 3.05) is 30.4 Å². The van der Waals surface area contributed by atoms with Crippen LogP contribution in [0.2, 0.25) is 0 Å². The van der Waals surface area contributed by atoms with Gasteiger partial charge in [0, 0.05) is 18.8 Å². The number of carbonyl (C=O) groups is 1. The molecule has 0 saturated heterocycles. The molecule has 0 saturated carbocycles. The van der Waals surface area contributed by atoms with E-state index >= 15 is 0 Å². The van der Waals surface area contributed by atoms with Crippen molar-refractivity contribution in [3.63, 3.8) is 0 Å². The smallest absolute Gasteiger partial charge is 0.305 e. The van der Waals surface area contributed by atoms with Crippen LogP contribution in [0.25, 0.3) is 0 Å². The first-order valence-corrected chi connectivity index (χ1v) is 7.29. The van der Waals surface area contributed by atoms with Crippen LogP contribution < -0.4 is 10.6 Å². The third-order valence-electron chi connectivity index (χ3n) is 2.42. The summed E-state index contributed by atoms with van der Waals surface area (Å²) in [7, 11) is 0. The van der Waals surface area contributed by atoms with Crippen molar-refractivity contribution in [2.24, 2.45) is 0 Å². The second-order valence-electron chi connectivity index (χ2n) is 3.74. The van der Waals surface area contributed by atoms with Crippen LogP contribution in [-0.2, 0) is 0 Å². The Morgan fingerprint density at radius 1 is 1.47 bits per heavy atom. The Morgan fingerprint density at radius 2 is 2.21 bits per heavy atom.